The molecule has 0 bridgehead atoms. The number of piperidine rings is 1. The van der Waals surface area contributed by atoms with Crippen LogP contribution in [0.4, 0.5) is 15.8 Å². The van der Waals surface area contributed by atoms with Crippen LogP contribution in [0, 0.1) is 5.82 Å². The van der Waals surface area contributed by atoms with Crippen molar-refractivity contribution in [1.82, 2.24) is 10.2 Å². The molecule has 1 atom stereocenters. The highest BCUT2D eigenvalue weighted by molar-refractivity contribution is 6.06. The molecule has 2 aromatic carbocycles. The monoisotopic (exact) mass is 383 g/mol. The summed E-state index contributed by atoms with van der Waals surface area (Å²) in [5, 5.41) is 5.25. The van der Waals surface area contributed by atoms with E-state index >= 15 is 0 Å². The van der Waals surface area contributed by atoms with E-state index in [1.54, 1.807) is 30.3 Å². The lowest BCUT2D eigenvalue weighted by molar-refractivity contribution is -0.136. The summed E-state index contributed by atoms with van der Waals surface area (Å²) < 4.78 is 22.7. The van der Waals surface area contributed by atoms with Gasteiger partial charge in [-0.05, 0) is 24.6 Å². The maximum atomic E-state index is 14.1. The standard InChI is InChI=1S/C20H19FN4O3/c21-18-11(3-1-5-14(18)22)9-23-15-6-2-4-12-13(15)10-25(20(12)28)16-7-8-17(26)24-19(16)27/h1-6,16,23H,7-10,22H2,(H,24,26,27)/i16D. The average molecular weight is 383 g/mol. The Labute approximate surface area is 162 Å². The van der Waals surface area contributed by atoms with Gasteiger partial charge >= 0.3 is 0 Å². The van der Waals surface area contributed by atoms with Crippen molar-refractivity contribution in [3.8, 4) is 0 Å². The normalized spacial score (nSPS) is 22.0. The Morgan fingerprint density at radius 2 is 2.04 bits per heavy atom. The first-order chi connectivity index (χ1) is 13.8. The Morgan fingerprint density at radius 3 is 2.82 bits per heavy atom. The Balaban J connectivity index is 1.59. The van der Waals surface area contributed by atoms with Gasteiger partial charge in [-0.2, -0.15) is 0 Å². The summed E-state index contributed by atoms with van der Waals surface area (Å²) >= 11 is 0. The third-order valence-corrected chi connectivity index (χ3v) is 4.98. The van der Waals surface area contributed by atoms with Gasteiger partial charge in [0, 0.05) is 41.9 Å². The van der Waals surface area contributed by atoms with Crippen LogP contribution in [0.25, 0.3) is 0 Å². The number of nitrogens with two attached hydrogens (primary N) is 1. The second kappa shape index (κ2) is 6.95. The minimum Gasteiger partial charge on any atom is -0.396 e. The predicted octanol–water partition coefficient (Wildman–Crippen LogP) is 1.78. The summed E-state index contributed by atoms with van der Waals surface area (Å²) in [6.07, 6.45) is -0.0656. The van der Waals surface area contributed by atoms with Crippen LogP contribution in [0.2, 0.25) is 0 Å². The van der Waals surface area contributed by atoms with Gasteiger partial charge in [0.1, 0.15) is 6.02 Å². The quantitative estimate of drug-likeness (QED) is 0.551. The predicted molar refractivity (Wildman–Crippen MR) is 101 cm³/mol. The Hall–Kier alpha value is -3.42. The maximum absolute atomic E-state index is 14.1. The fraction of sp³-hybridized carbons (Fsp3) is 0.250. The van der Waals surface area contributed by atoms with Gasteiger partial charge in [0.25, 0.3) is 5.91 Å². The third-order valence-electron chi connectivity index (χ3n) is 4.98. The molecular formula is C20H19FN4O3. The molecule has 1 saturated heterocycles. The molecule has 2 aliphatic heterocycles. The number of amides is 3. The molecule has 0 aliphatic carbocycles. The lowest BCUT2D eigenvalue weighted by Gasteiger charge is -2.29. The van der Waals surface area contributed by atoms with Crippen LogP contribution in [0.5, 0.6) is 0 Å². The fourth-order valence-corrected chi connectivity index (χ4v) is 3.51. The molecule has 0 radical (unpaired) electrons. The zero-order chi connectivity index (χ0) is 20.8. The summed E-state index contributed by atoms with van der Waals surface area (Å²) in [5.41, 5.74) is 7.64. The molecule has 1 unspecified atom stereocenters. The van der Waals surface area contributed by atoms with Gasteiger partial charge in [-0.25, -0.2) is 4.39 Å². The zero-order valence-electron chi connectivity index (χ0n) is 15.9. The second-order valence-corrected chi connectivity index (χ2v) is 6.72. The highest BCUT2D eigenvalue weighted by Crippen LogP contribution is 2.32. The molecule has 0 aromatic heterocycles. The molecule has 2 heterocycles. The van der Waals surface area contributed by atoms with Gasteiger partial charge in [-0.1, -0.05) is 18.2 Å². The first-order valence-electron chi connectivity index (χ1n) is 9.36. The van der Waals surface area contributed by atoms with E-state index in [0.717, 1.165) is 0 Å². The van der Waals surface area contributed by atoms with Gasteiger partial charge in [0.05, 0.1) is 7.06 Å². The highest BCUT2D eigenvalue weighted by Gasteiger charge is 2.39. The summed E-state index contributed by atoms with van der Waals surface area (Å²) in [5.74, 6) is -2.20. The maximum Gasteiger partial charge on any atom is 0.255 e. The summed E-state index contributed by atoms with van der Waals surface area (Å²) in [6, 6.07) is 7.95. The number of hydrogen-bond donors (Lipinski definition) is 3. The minimum atomic E-state index is -1.85. The van der Waals surface area contributed by atoms with E-state index in [9.17, 15) is 18.8 Å². The molecule has 28 heavy (non-hydrogen) atoms. The number of fused-ring (bicyclic) bond motifs is 1. The van der Waals surface area contributed by atoms with Crippen molar-refractivity contribution in [3.63, 3.8) is 0 Å². The van der Waals surface area contributed by atoms with E-state index in [2.05, 4.69) is 10.6 Å². The summed E-state index contributed by atoms with van der Waals surface area (Å²) in [7, 11) is 0. The number of anilines is 2. The van der Waals surface area contributed by atoms with E-state index in [4.69, 9.17) is 7.10 Å². The van der Waals surface area contributed by atoms with Crippen molar-refractivity contribution in [2.75, 3.05) is 11.1 Å². The number of carbonyl (C=O) groups excluding carboxylic acids is 3. The number of imide groups is 1. The molecule has 3 amide bonds. The Bertz CT molecular complexity index is 1040. The van der Waals surface area contributed by atoms with E-state index in [1.807, 2.05) is 0 Å². The van der Waals surface area contributed by atoms with Crippen molar-refractivity contribution in [1.29, 1.82) is 0 Å². The molecule has 2 aromatic rings. The number of hydrogen-bond acceptors (Lipinski definition) is 5. The molecular weight excluding hydrogens is 363 g/mol. The topological polar surface area (TPSA) is 105 Å². The number of nitrogen functional groups attached to an aromatic ring is 1. The van der Waals surface area contributed by atoms with Crippen LogP contribution in [-0.2, 0) is 22.7 Å². The van der Waals surface area contributed by atoms with Crippen LogP contribution in [0.1, 0.15) is 35.7 Å². The molecule has 8 heteroatoms. The van der Waals surface area contributed by atoms with E-state index in [-0.39, 0.29) is 31.6 Å². The molecule has 0 saturated carbocycles. The number of carbonyl (C=O) groups is 3. The summed E-state index contributed by atoms with van der Waals surface area (Å²) in [4.78, 5) is 37.8. The largest absolute Gasteiger partial charge is 0.396 e. The molecule has 144 valence electrons. The van der Waals surface area contributed by atoms with Crippen LogP contribution in [-0.4, -0.2) is 28.6 Å². The average Bonchev–Trinajstić information content (AvgIpc) is 3.04. The van der Waals surface area contributed by atoms with Gasteiger partial charge in [0.2, 0.25) is 11.8 Å². The van der Waals surface area contributed by atoms with Gasteiger partial charge in [-0.15, -0.1) is 0 Å². The van der Waals surface area contributed by atoms with Crippen molar-refractivity contribution >= 4 is 29.1 Å². The molecule has 4 rings (SSSR count). The fourth-order valence-electron chi connectivity index (χ4n) is 3.51. The van der Waals surface area contributed by atoms with E-state index in [1.165, 1.54) is 11.0 Å². The number of halogens is 1. The number of rotatable bonds is 4. The van der Waals surface area contributed by atoms with Crippen LogP contribution in [0.15, 0.2) is 36.4 Å². The Kier molecular flexibility index (Phi) is 4.16. The molecule has 2 aliphatic rings. The highest BCUT2D eigenvalue weighted by atomic mass is 19.1. The summed E-state index contributed by atoms with van der Waals surface area (Å²) in [6.45, 7) is 0.199. The smallest absolute Gasteiger partial charge is 0.255 e. The third kappa shape index (κ3) is 3.06. The van der Waals surface area contributed by atoms with Crippen LogP contribution in [0.3, 0.4) is 0 Å². The number of nitrogens with zero attached hydrogens (tertiary/aromatic N) is 1. The number of nitrogens with one attached hydrogen (secondary N) is 2. The number of benzene rings is 2. The molecule has 0 spiro atoms. The lowest BCUT2D eigenvalue weighted by atomic mass is 10.0. The molecule has 7 nitrogen and oxygen atoms in total. The molecule has 4 N–H and O–H groups in total. The van der Waals surface area contributed by atoms with Gasteiger partial charge < -0.3 is 16.0 Å². The van der Waals surface area contributed by atoms with Crippen molar-refractivity contribution in [2.45, 2.75) is 31.9 Å². The van der Waals surface area contributed by atoms with Crippen molar-refractivity contribution in [2.24, 2.45) is 0 Å². The van der Waals surface area contributed by atoms with E-state index < -0.39 is 29.6 Å². The SMILES string of the molecule is [2H]C1(N2Cc3c(NCc4cccc(N)c4F)cccc3C2=O)CCC(=O)NC1=O. The molecule has 1 fully saturated rings. The first-order valence-corrected chi connectivity index (χ1v) is 8.86. The second-order valence-electron chi connectivity index (χ2n) is 6.72. The first kappa shape index (κ1) is 16.7. The van der Waals surface area contributed by atoms with Gasteiger partial charge in [0.15, 0.2) is 5.82 Å². The van der Waals surface area contributed by atoms with Crippen LogP contribution < -0.4 is 16.4 Å². The van der Waals surface area contributed by atoms with Gasteiger partial charge in [-0.3, -0.25) is 19.7 Å². The lowest BCUT2D eigenvalue weighted by Crippen LogP contribution is -2.52. The van der Waals surface area contributed by atoms with Crippen molar-refractivity contribution < 1.29 is 20.1 Å². The van der Waals surface area contributed by atoms with E-state index in [0.29, 0.717) is 22.4 Å². The van der Waals surface area contributed by atoms with Crippen LogP contribution >= 0.6 is 0 Å². The Morgan fingerprint density at radius 1 is 1.25 bits per heavy atom. The zero-order valence-corrected chi connectivity index (χ0v) is 14.9. The minimum absolute atomic E-state index is 0.00478. The van der Waals surface area contributed by atoms with Crippen molar-refractivity contribution in [3.05, 3.63) is 58.9 Å².